The van der Waals surface area contributed by atoms with E-state index in [-0.39, 0.29) is 0 Å². The molecule has 1 spiro atoms. The van der Waals surface area contributed by atoms with Gasteiger partial charge in [-0.15, -0.1) is 0 Å². The Morgan fingerprint density at radius 3 is 2.10 bits per heavy atom. The Hall–Kier alpha value is -0.260. The van der Waals surface area contributed by atoms with Crippen LogP contribution in [0.4, 0.5) is 0 Å². The van der Waals surface area contributed by atoms with Gasteiger partial charge in [0.25, 0.3) is 0 Å². The van der Waals surface area contributed by atoms with Gasteiger partial charge in [-0.2, -0.15) is 0 Å². The summed E-state index contributed by atoms with van der Waals surface area (Å²) in [6, 6.07) is 0. The van der Waals surface area contributed by atoms with Gasteiger partial charge in [-0.1, -0.05) is 31.4 Å². The largest absolute Gasteiger partial charge is 0.0998 e. The van der Waals surface area contributed by atoms with Crippen molar-refractivity contribution in [3.63, 3.8) is 0 Å². The first-order valence-electron chi connectivity index (χ1n) is 4.47. The summed E-state index contributed by atoms with van der Waals surface area (Å²) in [6.45, 7) is 4.01. The molecule has 2 aliphatic carbocycles. The summed E-state index contributed by atoms with van der Waals surface area (Å²) >= 11 is 0. The van der Waals surface area contributed by atoms with Gasteiger partial charge in [0.1, 0.15) is 0 Å². The molecule has 0 radical (unpaired) electrons. The first-order valence-corrected chi connectivity index (χ1v) is 4.47. The van der Waals surface area contributed by atoms with Crippen molar-refractivity contribution < 1.29 is 0 Å². The maximum Gasteiger partial charge on any atom is -0.0223 e. The SMILES string of the molecule is C=C1CC2(CCCCC2)C1. The first-order chi connectivity index (χ1) is 4.81. The average molecular weight is 136 g/mol. The van der Waals surface area contributed by atoms with E-state index in [0.29, 0.717) is 0 Å². The quantitative estimate of drug-likeness (QED) is 0.448. The lowest BCUT2D eigenvalue weighted by Gasteiger charge is -2.46. The van der Waals surface area contributed by atoms with Crippen LogP contribution in [-0.4, -0.2) is 0 Å². The normalized spacial score (nSPS) is 30.2. The fourth-order valence-corrected chi connectivity index (χ4v) is 2.66. The van der Waals surface area contributed by atoms with Crippen LogP contribution >= 0.6 is 0 Å². The molecule has 0 amide bonds. The van der Waals surface area contributed by atoms with Crippen molar-refractivity contribution in [2.75, 3.05) is 0 Å². The molecule has 0 heterocycles. The summed E-state index contributed by atoms with van der Waals surface area (Å²) in [4.78, 5) is 0. The van der Waals surface area contributed by atoms with E-state index in [1.54, 1.807) is 0 Å². The molecule has 2 saturated carbocycles. The Morgan fingerprint density at radius 2 is 1.60 bits per heavy atom. The molecule has 0 N–H and O–H groups in total. The second-order valence-corrected chi connectivity index (χ2v) is 4.16. The van der Waals surface area contributed by atoms with Gasteiger partial charge in [0.05, 0.1) is 0 Å². The molecule has 0 aromatic heterocycles. The molecule has 0 bridgehead atoms. The molecule has 10 heavy (non-hydrogen) atoms. The van der Waals surface area contributed by atoms with Crippen LogP contribution in [0.5, 0.6) is 0 Å². The predicted molar refractivity (Wildman–Crippen MR) is 43.9 cm³/mol. The zero-order valence-electron chi connectivity index (χ0n) is 6.66. The van der Waals surface area contributed by atoms with E-state index in [1.165, 1.54) is 50.5 Å². The van der Waals surface area contributed by atoms with Crippen molar-refractivity contribution in [1.82, 2.24) is 0 Å². The van der Waals surface area contributed by atoms with Crippen LogP contribution in [0.3, 0.4) is 0 Å². The minimum Gasteiger partial charge on any atom is -0.0998 e. The molecule has 0 aliphatic heterocycles. The van der Waals surface area contributed by atoms with Gasteiger partial charge >= 0.3 is 0 Å². The zero-order valence-corrected chi connectivity index (χ0v) is 6.66. The van der Waals surface area contributed by atoms with Gasteiger partial charge in [0.15, 0.2) is 0 Å². The standard InChI is InChI=1S/C10H16/c1-9-7-10(8-9)5-3-2-4-6-10/h1-8H2. The van der Waals surface area contributed by atoms with Crippen molar-refractivity contribution >= 4 is 0 Å². The summed E-state index contributed by atoms with van der Waals surface area (Å²) in [5.41, 5.74) is 2.27. The van der Waals surface area contributed by atoms with E-state index >= 15 is 0 Å². The second kappa shape index (κ2) is 2.11. The molecule has 56 valence electrons. The molecule has 0 aromatic rings. The highest BCUT2D eigenvalue weighted by molar-refractivity contribution is 5.15. The molecule has 2 fully saturated rings. The molecule has 2 aliphatic rings. The third kappa shape index (κ3) is 0.902. The Balaban J connectivity index is 1.96. The van der Waals surface area contributed by atoms with E-state index in [9.17, 15) is 0 Å². The summed E-state index contributed by atoms with van der Waals surface area (Å²) in [7, 11) is 0. The lowest BCUT2D eigenvalue weighted by atomic mass is 9.59. The van der Waals surface area contributed by atoms with Crippen molar-refractivity contribution in [1.29, 1.82) is 0 Å². The summed E-state index contributed by atoms with van der Waals surface area (Å²) < 4.78 is 0. The average Bonchev–Trinajstić information content (AvgIpc) is 1.87. The van der Waals surface area contributed by atoms with Crippen LogP contribution in [0.25, 0.3) is 0 Å². The molecular weight excluding hydrogens is 120 g/mol. The van der Waals surface area contributed by atoms with Gasteiger partial charge in [0.2, 0.25) is 0 Å². The van der Waals surface area contributed by atoms with E-state index in [0.717, 1.165) is 5.41 Å². The maximum atomic E-state index is 4.01. The number of hydrogen-bond donors (Lipinski definition) is 0. The van der Waals surface area contributed by atoms with Crippen molar-refractivity contribution in [3.05, 3.63) is 12.2 Å². The van der Waals surface area contributed by atoms with Crippen LogP contribution in [-0.2, 0) is 0 Å². The van der Waals surface area contributed by atoms with Crippen LogP contribution in [0.1, 0.15) is 44.9 Å². The molecule has 0 heteroatoms. The van der Waals surface area contributed by atoms with Crippen molar-refractivity contribution in [2.45, 2.75) is 44.9 Å². The van der Waals surface area contributed by atoms with Gasteiger partial charge in [-0.05, 0) is 31.1 Å². The molecular formula is C10H16. The van der Waals surface area contributed by atoms with Crippen molar-refractivity contribution in [2.24, 2.45) is 5.41 Å². The van der Waals surface area contributed by atoms with Crippen LogP contribution < -0.4 is 0 Å². The Kier molecular flexibility index (Phi) is 1.36. The van der Waals surface area contributed by atoms with Gasteiger partial charge in [0, 0.05) is 0 Å². The molecule has 2 rings (SSSR count). The van der Waals surface area contributed by atoms with E-state index < -0.39 is 0 Å². The highest BCUT2D eigenvalue weighted by Crippen LogP contribution is 2.53. The maximum absolute atomic E-state index is 4.01. The molecule has 0 saturated heterocycles. The van der Waals surface area contributed by atoms with E-state index in [1.807, 2.05) is 0 Å². The zero-order chi connectivity index (χ0) is 7.03. The Morgan fingerprint density at radius 1 is 1.00 bits per heavy atom. The highest BCUT2D eigenvalue weighted by Gasteiger charge is 2.39. The van der Waals surface area contributed by atoms with Crippen LogP contribution in [0.2, 0.25) is 0 Å². The third-order valence-corrected chi connectivity index (χ3v) is 3.16. The molecule has 0 nitrogen and oxygen atoms in total. The number of rotatable bonds is 0. The minimum absolute atomic E-state index is 0.773. The van der Waals surface area contributed by atoms with Gasteiger partial charge in [-0.25, -0.2) is 0 Å². The number of allylic oxidation sites excluding steroid dienone is 1. The van der Waals surface area contributed by atoms with Crippen molar-refractivity contribution in [3.8, 4) is 0 Å². The predicted octanol–water partition coefficient (Wildman–Crippen LogP) is 3.29. The highest BCUT2D eigenvalue weighted by atomic mass is 14.4. The Labute approximate surface area is 63.3 Å². The van der Waals surface area contributed by atoms with Gasteiger partial charge in [-0.3, -0.25) is 0 Å². The topological polar surface area (TPSA) is 0 Å². The van der Waals surface area contributed by atoms with E-state index in [4.69, 9.17) is 0 Å². The smallest absolute Gasteiger partial charge is 0.0223 e. The Bertz CT molecular complexity index is 139. The fourth-order valence-electron chi connectivity index (χ4n) is 2.66. The molecule has 0 atom stereocenters. The third-order valence-electron chi connectivity index (χ3n) is 3.16. The summed E-state index contributed by atoms with van der Waals surface area (Å²) in [5, 5.41) is 0. The lowest BCUT2D eigenvalue weighted by molar-refractivity contribution is 0.132. The summed E-state index contributed by atoms with van der Waals surface area (Å²) in [5.74, 6) is 0. The summed E-state index contributed by atoms with van der Waals surface area (Å²) in [6.07, 6.45) is 10.1. The van der Waals surface area contributed by atoms with Crippen LogP contribution in [0, 0.1) is 5.41 Å². The second-order valence-electron chi connectivity index (χ2n) is 4.16. The first kappa shape index (κ1) is 6.45. The molecule has 0 aromatic carbocycles. The monoisotopic (exact) mass is 136 g/mol. The fraction of sp³-hybridized carbons (Fsp3) is 0.800. The van der Waals surface area contributed by atoms with E-state index in [2.05, 4.69) is 6.58 Å². The lowest BCUT2D eigenvalue weighted by Crippen LogP contribution is -2.32. The van der Waals surface area contributed by atoms with Crippen LogP contribution in [0.15, 0.2) is 12.2 Å². The van der Waals surface area contributed by atoms with Gasteiger partial charge < -0.3 is 0 Å². The molecule has 0 unspecified atom stereocenters. The minimum atomic E-state index is 0.773. The number of hydrogen-bond acceptors (Lipinski definition) is 0.